The molecule has 1 heterocycles. The van der Waals surface area contributed by atoms with Crippen molar-refractivity contribution in [2.75, 3.05) is 12.4 Å². The van der Waals surface area contributed by atoms with Crippen molar-refractivity contribution in [3.63, 3.8) is 0 Å². The molecule has 0 saturated carbocycles. The number of aryl methyl sites for hydroxylation is 2. The minimum absolute atomic E-state index is 0.0901. The number of hydrogen-bond donors (Lipinski definition) is 1. The fourth-order valence-corrected chi connectivity index (χ4v) is 2.66. The van der Waals surface area contributed by atoms with Crippen LogP contribution < -0.4 is 14.8 Å². The number of methoxy groups -OCH3 is 1. The number of rotatable bonds is 7. The summed E-state index contributed by atoms with van der Waals surface area (Å²) >= 11 is 0. The lowest BCUT2D eigenvalue weighted by molar-refractivity contribution is -0.115. The normalized spacial score (nSPS) is 10.5. The van der Waals surface area contributed by atoms with E-state index in [1.54, 1.807) is 13.2 Å². The first-order valence-corrected chi connectivity index (χ1v) is 8.62. The molecule has 0 radical (unpaired) electrons. The Kier molecular flexibility index (Phi) is 5.76. The van der Waals surface area contributed by atoms with Gasteiger partial charge in [-0.15, -0.1) is 0 Å². The van der Waals surface area contributed by atoms with Gasteiger partial charge in [0.25, 0.3) is 0 Å². The van der Waals surface area contributed by atoms with Crippen LogP contribution in [0.3, 0.4) is 0 Å². The van der Waals surface area contributed by atoms with Gasteiger partial charge in [0.05, 0.1) is 24.8 Å². The van der Waals surface area contributed by atoms with E-state index in [9.17, 15) is 4.79 Å². The highest BCUT2D eigenvalue weighted by atomic mass is 16.5. The molecule has 2 aromatic carbocycles. The number of carbonyl (C=O) groups is 1. The molecule has 1 amide bonds. The molecule has 0 bridgehead atoms. The number of anilines is 1. The molecule has 1 aromatic heterocycles. The highest BCUT2D eigenvalue weighted by Gasteiger charge is 2.10. The molecule has 0 fully saturated rings. The molecule has 0 spiro atoms. The van der Waals surface area contributed by atoms with Crippen LogP contribution in [0.1, 0.15) is 22.6 Å². The molecule has 0 aliphatic heterocycles. The van der Waals surface area contributed by atoms with E-state index < -0.39 is 0 Å². The van der Waals surface area contributed by atoms with Crippen molar-refractivity contribution < 1.29 is 18.8 Å². The Bertz CT molecular complexity index is 897. The number of benzene rings is 2. The molecule has 0 aliphatic rings. The molecule has 27 heavy (non-hydrogen) atoms. The van der Waals surface area contributed by atoms with E-state index >= 15 is 0 Å². The Morgan fingerprint density at radius 1 is 1.11 bits per heavy atom. The number of aromatic nitrogens is 1. The first kappa shape index (κ1) is 18.5. The largest absolute Gasteiger partial charge is 0.497 e. The van der Waals surface area contributed by atoms with E-state index in [-0.39, 0.29) is 12.3 Å². The highest BCUT2D eigenvalue weighted by molar-refractivity contribution is 5.92. The van der Waals surface area contributed by atoms with Crippen LogP contribution in [-0.4, -0.2) is 18.2 Å². The van der Waals surface area contributed by atoms with Gasteiger partial charge in [-0.1, -0.05) is 23.4 Å². The third kappa shape index (κ3) is 4.88. The topological polar surface area (TPSA) is 73.6 Å². The fourth-order valence-electron chi connectivity index (χ4n) is 2.66. The van der Waals surface area contributed by atoms with Crippen LogP contribution in [0.5, 0.6) is 11.5 Å². The van der Waals surface area contributed by atoms with Crippen molar-refractivity contribution in [2.24, 2.45) is 0 Å². The van der Waals surface area contributed by atoms with Gasteiger partial charge < -0.3 is 19.3 Å². The maximum Gasteiger partial charge on any atom is 0.228 e. The summed E-state index contributed by atoms with van der Waals surface area (Å²) in [5.41, 5.74) is 3.40. The van der Waals surface area contributed by atoms with Crippen LogP contribution >= 0.6 is 0 Å². The van der Waals surface area contributed by atoms with Crippen molar-refractivity contribution in [1.82, 2.24) is 5.16 Å². The molecule has 0 aliphatic carbocycles. The van der Waals surface area contributed by atoms with E-state index in [0.29, 0.717) is 18.0 Å². The number of carbonyl (C=O) groups excluding carboxylic acids is 1. The van der Waals surface area contributed by atoms with Gasteiger partial charge in [0.1, 0.15) is 23.9 Å². The molecular formula is C21H22N2O4. The van der Waals surface area contributed by atoms with Gasteiger partial charge in [-0.2, -0.15) is 0 Å². The smallest absolute Gasteiger partial charge is 0.228 e. The van der Waals surface area contributed by atoms with Crippen LogP contribution in [0.15, 0.2) is 53.1 Å². The van der Waals surface area contributed by atoms with Crippen LogP contribution in [0, 0.1) is 13.8 Å². The van der Waals surface area contributed by atoms with E-state index in [1.165, 1.54) is 0 Å². The number of ether oxygens (including phenoxy) is 2. The summed E-state index contributed by atoms with van der Waals surface area (Å²) in [7, 11) is 1.59. The minimum atomic E-state index is -0.0901. The van der Waals surface area contributed by atoms with E-state index in [1.807, 2.05) is 56.3 Å². The summed E-state index contributed by atoms with van der Waals surface area (Å²) in [4.78, 5) is 12.2. The second kappa shape index (κ2) is 8.40. The molecule has 3 aromatic rings. The summed E-state index contributed by atoms with van der Waals surface area (Å²) in [5, 5.41) is 6.78. The molecule has 0 atom stereocenters. The first-order chi connectivity index (χ1) is 13.0. The van der Waals surface area contributed by atoms with E-state index in [4.69, 9.17) is 14.0 Å². The van der Waals surface area contributed by atoms with Crippen molar-refractivity contribution in [2.45, 2.75) is 26.9 Å². The Labute approximate surface area is 158 Å². The van der Waals surface area contributed by atoms with Gasteiger partial charge in [0, 0.05) is 11.8 Å². The monoisotopic (exact) mass is 366 g/mol. The minimum Gasteiger partial charge on any atom is -0.497 e. The number of amides is 1. The molecule has 6 nitrogen and oxygen atoms in total. The maximum atomic E-state index is 12.2. The standard InChI is InChI=1S/C21H22N2O4/c1-14-20(15(2)27-23-14)13-26-18-9-7-16(8-10-18)11-21(24)22-17-5-4-6-19(12-17)25-3/h4-10,12H,11,13H2,1-3H3,(H,22,24). The summed E-state index contributed by atoms with van der Waals surface area (Å²) < 4.78 is 16.1. The Morgan fingerprint density at radius 2 is 1.89 bits per heavy atom. The van der Waals surface area contributed by atoms with Crippen LogP contribution in [0.2, 0.25) is 0 Å². The van der Waals surface area contributed by atoms with Gasteiger partial charge in [-0.25, -0.2) is 0 Å². The lowest BCUT2D eigenvalue weighted by Crippen LogP contribution is -2.14. The number of nitrogens with one attached hydrogen (secondary N) is 1. The van der Waals surface area contributed by atoms with Crippen molar-refractivity contribution in [3.05, 3.63) is 71.1 Å². The molecule has 140 valence electrons. The second-order valence-electron chi connectivity index (χ2n) is 6.19. The summed E-state index contributed by atoms with van der Waals surface area (Å²) in [6.07, 6.45) is 0.279. The Hall–Kier alpha value is -3.28. The SMILES string of the molecule is COc1cccc(NC(=O)Cc2ccc(OCc3c(C)noc3C)cc2)c1. The summed E-state index contributed by atoms with van der Waals surface area (Å²) in [6.45, 7) is 4.15. The lowest BCUT2D eigenvalue weighted by Gasteiger charge is -2.09. The average molecular weight is 366 g/mol. The van der Waals surface area contributed by atoms with E-state index in [2.05, 4.69) is 10.5 Å². The van der Waals surface area contributed by atoms with Gasteiger partial charge in [0.2, 0.25) is 5.91 Å². The lowest BCUT2D eigenvalue weighted by atomic mass is 10.1. The summed E-state index contributed by atoms with van der Waals surface area (Å²) in [6, 6.07) is 14.7. The number of hydrogen-bond acceptors (Lipinski definition) is 5. The Morgan fingerprint density at radius 3 is 2.56 bits per heavy atom. The molecular weight excluding hydrogens is 344 g/mol. The zero-order chi connectivity index (χ0) is 19.2. The third-order valence-electron chi connectivity index (χ3n) is 4.21. The van der Waals surface area contributed by atoms with Crippen molar-refractivity contribution in [3.8, 4) is 11.5 Å². The fraction of sp³-hybridized carbons (Fsp3) is 0.238. The summed E-state index contributed by atoms with van der Waals surface area (Å²) in [5.74, 6) is 2.10. The zero-order valence-electron chi connectivity index (χ0n) is 15.6. The zero-order valence-corrected chi connectivity index (χ0v) is 15.6. The van der Waals surface area contributed by atoms with Gasteiger partial charge in [0.15, 0.2) is 0 Å². The molecule has 3 rings (SSSR count). The molecule has 0 unspecified atom stereocenters. The van der Waals surface area contributed by atoms with E-state index in [0.717, 1.165) is 28.3 Å². The predicted molar refractivity (Wildman–Crippen MR) is 102 cm³/mol. The van der Waals surface area contributed by atoms with Gasteiger partial charge in [-0.05, 0) is 43.7 Å². The average Bonchev–Trinajstić information content (AvgIpc) is 2.99. The highest BCUT2D eigenvalue weighted by Crippen LogP contribution is 2.19. The predicted octanol–water partition coefficient (Wildman–Crippen LogP) is 4.06. The molecule has 6 heteroatoms. The first-order valence-electron chi connectivity index (χ1n) is 8.62. The second-order valence-corrected chi connectivity index (χ2v) is 6.19. The number of nitrogens with zero attached hydrogens (tertiary/aromatic N) is 1. The van der Waals surface area contributed by atoms with Crippen LogP contribution in [0.4, 0.5) is 5.69 Å². The van der Waals surface area contributed by atoms with Crippen LogP contribution in [0.25, 0.3) is 0 Å². The molecule has 1 N–H and O–H groups in total. The molecule has 0 saturated heterocycles. The van der Waals surface area contributed by atoms with Gasteiger partial charge in [-0.3, -0.25) is 4.79 Å². The van der Waals surface area contributed by atoms with Gasteiger partial charge >= 0.3 is 0 Å². The van der Waals surface area contributed by atoms with Crippen LogP contribution in [-0.2, 0) is 17.8 Å². The Balaban J connectivity index is 1.54. The van der Waals surface area contributed by atoms with Crippen molar-refractivity contribution >= 4 is 11.6 Å². The van der Waals surface area contributed by atoms with Crippen molar-refractivity contribution in [1.29, 1.82) is 0 Å². The third-order valence-corrected chi connectivity index (χ3v) is 4.21. The maximum absolute atomic E-state index is 12.2. The quantitative estimate of drug-likeness (QED) is 0.683.